The maximum absolute atomic E-state index is 10.4. The molecule has 0 aromatic carbocycles. The average Bonchev–Trinajstić information content (AvgIpc) is 1.96. The molecule has 0 saturated carbocycles. The summed E-state index contributed by atoms with van der Waals surface area (Å²) in [7, 11) is 0. The summed E-state index contributed by atoms with van der Waals surface area (Å²) in [6.45, 7) is 4.14. The molecule has 0 aromatic rings. The van der Waals surface area contributed by atoms with Crippen LogP contribution in [-0.4, -0.2) is 19.0 Å². The number of ketones is 1. The first-order chi connectivity index (χ1) is 5.27. The van der Waals surface area contributed by atoms with E-state index in [-0.39, 0.29) is 5.78 Å². The number of rotatable bonds is 4. The Bertz CT molecular complexity index is 193. The van der Waals surface area contributed by atoms with Gasteiger partial charge >= 0.3 is 0 Å². The van der Waals surface area contributed by atoms with Crippen molar-refractivity contribution >= 4 is 5.78 Å². The van der Waals surface area contributed by atoms with Crippen molar-refractivity contribution in [2.75, 3.05) is 13.2 Å². The van der Waals surface area contributed by atoms with Crippen LogP contribution >= 0.6 is 0 Å². The van der Waals surface area contributed by atoms with Gasteiger partial charge in [-0.15, -0.1) is 5.92 Å². The van der Waals surface area contributed by atoms with Crippen molar-refractivity contribution in [3.05, 3.63) is 12.2 Å². The van der Waals surface area contributed by atoms with Gasteiger partial charge in [-0.1, -0.05) is 12.0 Å². The van der Waals surface area contributed by atoms with Gasteiger partial charge in [0.25, 0.3) is 0 Å². The molecule has 11 heavy (non-hydrogen) atoms. The normalized spacial score (nSPS) is 9.27. The molecule has 0 amide bonds. The largest absolute Gasteiger partial charge is 0.365 e. The van der Waals surface area contributed by atoms with Crippen LogP contribution in [0.25, 0.3) is 0 Å². The summed E-state index contributed by atoms with van der Waals surface area (Å²) in [5, 5.41) is 0. The number of hydrogen-bond donors (Lipinski definition) is 0. The molecule has 0 aromatic heterocycles. The van der Waals surface area contributed by atoms with Crippen molar-refractivity contribution in [3.8, 4) is 11.8 Å². The first kappa shape index (κ1) is 9.93. The number of ether oxygens (including phenoxy) is 1. The zero-order valence-electron chi connectivity index (χ0n) is 6.89. The minimum atomic E-state index is 0.0372. The van der Waals surface area contributed by atoms with Crippen LogP contribution in [0.3, 0.4) is 0 Å². The summed E-state index contributed by atoms with van der Waals surface area (Å²) < 4.78 is 5.01. The van der Waals surface area contributed by atoms with Crippen LogP contribution in [0.2, 0.25) is 0 Å². The summed E-state index contributed by atoms with van der Waals surface area (Å²) in [6, 6.07) is 0. The van der Waals surface area contributed by atoms with Crippen LogP contribution < -0.4 is 0 Å². The molecule has 60 valence electrons. The molecule has 0 saturated heterocycles. The Balaban J connectivity index is 3.25. The maximum atomic E-state index is 10.4. The molecule has 0 heterocycles. The quantitative estimate of drug-likeness (QED) is 0.343. The van der Waals surface area contributed by atoms with Crippen LogP contribution in [-0.2, 0) is 9.53 Å². The first-order valence-electron chi connectivity index (χ1n) is 3.42. The van der Waals surface area contributed by atoms with Gasteiger partial charge < -0.3 is 4.74 Å². The molecule has 0 spiro atoms. The first-order valence-corrected chi connectivity index (χ1v) is 3.42. The van der Waals surface area contributed by atoms with Crippen molar-refractivity contribution in [2.24, 2.45) is 0 Å². The highest BCUT2D eigenvalue weighted by molar-refractivity contribution is 5.87. The molecule has 0 N–H and O–H groups in total. The minimum absolute atomic E-state index is 0.0372. The molecule has 0 rings (SSSR count). The van der Waals surface area contributed by atoms with Crippen molar-refractivity contribution in [1.29, 1.82) is 0 Å². The fraction of sp³-hybridized carbons (Fsp3) is 0.444. The van der Waals surface area contributed by atoms with Gasteiger partial charge in [-0.25, -0.2) is 0 Å². The SMILES string of the molecule is CC#CCOC/C=C/C(C)=O. The van der Waals surface area contributed by atoms with E-state index >= 15 is 0 Å². The second-order valence-electron chi connectivity index (χ2n) is 1.95. The van der Waals surface area contributed by atoms with Gasteiger partial charge in [0.15, 0.2) is 5.78 Å². The molecule has 0 atom stereocenters. The Kier molecular flexibility index (Phi) is 6.36. The van der Waals surface area contributed by atoms with Crippen molar-refractivity contribution in [3.63, 3.8) is 0 Å². The molecule has 0 aliphatic carbocycles. The number of allylic oxidation sites excluding steroid dienone is 1. The van der Waals surface area contributed by atoms with Gasteiger partial charge in [-0.2, -0.15) is 0 Å². The molecule has 0 aliphatic heterocycles. The van der Waals surface area contributed by atoms with E-state index in [4.69, 9.17) is 4.74 Å². The Labute approximate surface area is 67.2 Å². The van der Waals surface area contributed by atoms with Crippen molar-refractivity contribution < 1.29 is 9.53 Å². The van der Waals surface area contributed by atoms with Crippen LogP contribution in [0, 0.1) is 11.8 Å². The smallest absolute Gasteiger partial charge is 0.152 e. The van der Waals surface area contributed by atoms with E-state index in [0.717, 1.165) is 0 Å². The predicted molar refractivity (Wildman–Crippen MR) is 44.1 cm³/mol. The van der Waals surface area contributed by atoms with Crippen LogP contribution in [0.1, 0.15) is 13.8 Å². The molecular formula is C9H12O2. The average molecular weight is 152 g/mol. The lowest BCUT2D eigenvalue weighted by Gasteiger charge is -1.90. The van der Waals surface area contributed by atoms with Crippen LogP contribution in [0.5, 0.6) is 0 Å². The second-order valence-corrected chi connectivity index (χ2v) is 1.95. The molecule has 0 radical (unpaired) electrons. The minimum Gasteiger partial charge on any atom is -0.365 e. The second kappa shape index (κ2) is 7.04. The fourth-order valence-electron chi connectivity index (χ4n) is 0.464. The lowest BCUT2D eigenvalue weighted by atomic mass is 10.4. The molecule has 0 aliphatic rings. The van der Waals surface area contributed by atoms with Gasteiger partial charge in [0, 0.05) is 0 Å². The van der Waals surface area contributed by atoms with Crippen LogP contribution in [0.15, 0.2) is 12.2 Å². The molecule has 0 fully saturated rings. The molecular weight excluding hydrogens is 140 g/mol. The summed E-state index contributed by atoms with van der Waals surface area (Å²) in [4.78, 5) is 10.4. The monoisotopic (exact) mass is 152 g/mol. The Hall–Kier alpha value is -1.07. The van der Waals surface area contributed by atoms with Gasteiger partial charge in [0.2, 0.25) is 0 Å². The lowest BCUT2D eigenvalue weighted by molar-refractivity contribution is -0.112. The van der Waals surface area contributed by atoms with Gasteiger partial charge in [0.05, 0.1) is 6.61 Å². The van der Waals surface area contributed by atoms with E-state index in [0.29, 0.717) is 13.2 Å². The summed E-state index contributed by atoms with van der Waals surface area (Å²) in [5.74, 6) is 5.48. The Morgan fingerprint density at radius 1 is 1.64 bits per heavy atom. The van der Waals surface area contributed by atoms with Crippen LogP contribution in [0.4, 0.5) is 0 Å². The summed E-state index contributed by atoms with van der Waals surface area (Å²) in [6.07, 6.45) is 3.17. The fourth-order valence-corrected chi connectivity index (χ4v) is 0.464. The standard InChI is InChI=1S/C9H12O2/c1-3-4-7-11-8-5-6-9(2)10/h5-6H,7-8H2,1-2H3/b6-5+. The lowest BCUT2D eigenvalue weighted by Crippen LogP contribution is -1.91. The van der Waals surface area contributed by atoms with E-state index in [2.05, 4.69) is 11.8 Å². The summed E-state index contributed by atoms with van der Waals surface area (Å²) >= 11 is 0. The summed E-state index contributed by atoms with van der Waals surface area (Å²) in [5.41, 5.74) is 0. The third-order valence-electron chi connectivity index (χ3n) is 0.918. The van der Waals surface area contributed by atoms with Crippen molar-refractivity contribution in [2.45, 2.75) is 13.8 Å². The predicted octanol–water partition coefficient (Wildman–Crippen LogP) is 1.17. The van der Waals surface area contributed by atoms with E-state index in [1.165, 1.54) is 13.0 Å². The van der Waals surface area contributed by atoms with Gasteiger partial charge in [-0.3, -0.25) is 4.79 Å². The number of hydrogen-bond acceptors (Lipinski definition) is 2. The highest BCUT2D eigenvalue weighted by Crippen LogP contribution is 1.78. The Morgan fingerprint density at radius 2 is 2.36 bits per heavy atom. The number of carbonyl (C=O) groups excluding carboxylic acids is 1. The third-order valence-corrected chi connectivity index (χ3v) is 0.918. The third kappa shape index (κ3) is 8.93. The molecule has 2 nitrogen and oxygen atoms in total. The zero-order valence-corrected chi connectivity index (χ0v) is 6.89. The van der Waals surface area contributed by atoms with Crippen molar-refractivity contribution in [1.82, 2.24) is 0 Å². The maximum Gasteiger partial charge on any atom is 0.152 e. The van der Waals surface area contributed by atoms with E-state index in [1.807, 2.05) is 0 Å². The van der Waals surface area contributed by atoms with Gasteiger partial charge in [0.1, 0.15) is 6.61 Å². The topological polar surface area (TPSA) is 26.3 Å². The highest BCUT2D eigenvalue weighted by atomic mass is 16.5. The molecule has 0 unspecified atom stereocenters. The van der Waals surface area contributed by atoms with E-state index in [1.54, 1.807) is 13.0 Å². The highest BCUT2D eigenvalue weighted by Gasteiger charge is 1.81. The Morgan fingerprint density at radius 3 is 2.91 bits per heavy atom. The number of carbonyl (C=O) groups is 1. The molecule has 2 heteroatoms. The van der Waals surface area contributed by atoms with E-state index < -0.39 is 0 Å². The molecule has 0 bridgehead atoms. The van der Waals surface area contributed by atoms with Gasteiger partial charge in [-0.05, 0) is 19.9 Å². The van der Waals surface area contributed by atoms with E-state index in [9.17, 15) is 4.79 Å². The zero-order chi connectivity index (χ0) is 8.53.